The van der Waals surface area contributed by atoms with Crippen LogP contribution in [0.3, 0.4) is 0 Å². The molecule has 2 aromatic rings. The number of carboxylic acid groups (broad SMARTS) is 1. The zero-order valence-electron chi connectivity index (χ0n) is 9.93. The highest BCUT2D eigenvalue weighted by Crippen LogP contribution is 2.16. The number of hydrogen-bond acceptors (Lipinski definition) is 2. The van der Waals surface area contributed by atoms with Crippen LogP contribution < -0.4 is 0 Å². The molecule has 0 bridgehead atoms. The van der Waals surface area contributed by atoms with Gasteiger partial charge in [-0.2, -0.15) is 0 Å². The van der Waals surface area contributed by atoms with Crippen LogP contribution in [0.1, 0.15) is 27.5 Å². The van der Waals surface area contributed by atoms with E-state index in [1.165, 1.54) is 0 Å². The lowest BCUT2D eigenvalue weighted by atomic mass is 10.2. The smallest absolute Gasteiger partial charge is 0.337 e. The first-order valence-electron chi connectivity index (χ1n) is 5.52. The number of furan rings is 1. The first-order valence-corrected chi connectivity index (χ1v) is 5.52. The minimum atomic E-state index is -0.873. The van der Waals surface area contributed by atoms with E-state index in [2.05, 4.69) is 0 Å². The number of carbonyl (C=O) groups is 1. The maximum Gasteiger partial charge on any atom is 0.337 e. The van der Waals surface area contributed by atoms with E-state index < -0.39 is 5.97 Å². The van der Waals surface area contributed by atoms with Gasteiger partial charge < -0.3 is 14.1 Å². The average Bonchev–Trinajstić information content (AvgIpc) is 2.86. The number of rotatable bonds is 4. The lowest BCUT2D eigenvalue weighted by molar-refractivity contribution is 0.0696. The van der Waals surface area contributed by atoms with Gasteiger partial charge in [-0.15, -0.1) is 0 Å². The maximum absolute atomic E-state index is 11.0. The predicted molar refractivity (Wildman–Crippen MR) is 63.3 cm³/mol. The zero-order chi connectivity index (χ0) is 12.4. The predicted octanol–water partition coefficient (Wildman–Crippen LogP) is 2.64. The number of hydrogen-bond donors (Lipinski definition) is 1. The summed E-state index contributed by atoms with van der Waals surface area (Å²) in [6, 6.07) is 5.49. The fourth-order valence-corrected chi connectivity index (χ4v) is 2.04. The molecule has 0 amide bonds. The number of aromatic carboxylic acids is 1. The molecule has 0 aliphatic heterocycles. The van der Waals surface area contributed by atoms with Crippen molar-refractivity contribution < 1.29 is 14.3 Å². The molecule has 0 radical (unpaired) electrons. The molecule has 0 saturated heterocycles. The van der Waals surface area contributed by atoms with Crippen molar-refractivity contribution in [3.8, 4) is 0 Å². The molecule has 2 heterocycles. The van der Waals surface area contributed by atoms with Gasteiger partial charge in [0.1, 0.15) is 5.76 Å². The largest absolute Gasteiger partial charge is 0.478 e. The van der Waals surface area contributed by atoms with E-state index in [0.29, 0.717) is 5.56 Å². The summed E-state index contributed by atoms with van der Waals surface area (Å²) in [5, 5.41) is 9.02. The zero-order valence-corrected chi connectivity index (χ0v) is 9.93. The second-order valence-electron chi connectivity index (χ2n) is 4.07. The summed E-state index contributed by atoms with van der Waals surface area (Å²) in [5.74, 6) is 0.0386. The first kappa shape index (κ1) is 11.5. The van der Waals surface area contributed by atoms with Crippen LogP contribution in [-0.2, 0) is 13.0 Å². The van der Waals surface area contributed by atoms with E-state index in [4.69, 9.17) is 9.52 Å². The molecule has 0 aliphatic rings. The summed E-state index contributed by atoms with van der Waals surface area (Å²) in [6.07, 6.45) is 2.41. The normalized spacial score (nSPS) is 10.7. The molecule has 17 heavy (non-hydrogen) atoms. The molecule has 0 spiro atoms. The fourth-order valence-electron chi connectivity index (χ4n) is 2.04. The molecule has 1 N–H and O–H groups in total. The monoisotopic (exact) mass is 233 g/mol. The quantitative estimate of drug-likeness (QED) is 0.883. The molecule has 90 valence electrons. The second-order valence-corrected chi connectivity index (χ2v) is 4.07. The number of nitrogens with zero attached hydrogens (tertiary/aromatic N) is 1. The van der Waals surface area contributed by atoms with Crippen LogP contribution in [0, 0.1) is 13.8 Å². The van der Waals surface area contributed by atoms with Crippen LogP contribution in [0.15, 0.2) is 28.9 Å². The van der Waals surface area contributed by atoms with Crippen molar-refractivity contribution in [3.05, 3.63) is 47.2 Å². The van der Waals surface area contributed by atoms with Crippen molar-refractivity contribution in [2.45, 2.75) is 26.8 Å². The average molecular weight is 233 g/mol. The summed E-state index contributed by atoms with van der Waals surface area (Å²) in [6.45, 7) is 4.48. The summed E-state index contributed by atoms with van der Waals surface area (Å²) in [4.78, 5) is 11.0. The molecule has 0 aliphatic carbocycles. The van der Waals surface area contributed by atoms with Crippen LogP contribution >= 0.6 is 0 Å². The van der Waals surface area contributed by atoms with Gasteiger partial charge in [0.05, 0.1) is 11.8 Å². The van der Waals surface area contributed by atoms with Gasteiger partial charge in [-0.1, -0.05) is 0 Å². The fraction of sp³-hybridized carbons (Fsp3) is 0.308. The minimum absolute atomic E-state index is 0.377. The van der Waals surface area contributed by atoms with Crippen molar-refractivity contribution in [2.75, 3.05) is 0 Å². The van der Waals surface area contributed by atoms with Crippen molar-refractivity contribution in [1.82, 2.24) is 4.57 Å². The highest BCUT2D eigenvalue weighted by atomic mass is 16.4. The van der Waals surface area contributed by atoms with Gasteiger partial charge in [-0.3, -0.25) is 0 Å². The van der Waals surface area contributed by atoms with Gasteiger partial charge in [0, 0.05) is 24.4 Å². The lowest BCUT2D eigenvalue weighted by Crippen LogP contribution is -2.06. The van der Waals surface area contributed by atoms with E-state index in [1.807, 2.05) is 30.5 Å². The van der Waals surface area contributed by atoms with Crippen LogP contribution in [-0.4, -0.2) is 15.6 Å². The molecule has 0 fully saturated rings. The van der Waals surface area contributed by atoms with E-state index in [-0.39, 0.29) is 0 Å². The van der Waals surface area contributed by atoms with Crippen molar-refractivity contribution in [3.63, 3.8) is 0 Å². The van der Waals surface area contributed by atoms with Crippen LogP contribution in [0.25, 0.3) is 0 Å². The van der Waals surface area contributed by atoms with E-state index in [0.717, 1.165) is 30.1 Å². The Morgan fingerprint density at radius 3 is 2.76 bits per heavy atom. The number of carboxylic acids is 1. The van der Waals surface area contributed by atoms with Crippen molar-refractivity contribution >= 4 is 5.97 Å². The summed E-state index contributed by atoms with van der Waals surface area (Å²) < 4.78 is 7.27. The standard InChI is InChI=1S/C13H15NO3/c1-9-8-12(13(15)16)10(2)14(9)6-5-11-4-3-7-17-11/h3-4,7-8H,5-6H2,1-2H3,(H,15,16). The molecule has 2 aromatic heterocycles. The van der Waals surface area contributed by atoms with E-state index in [9.17, 15) is 4.79 Å². The third-order valence-corrected chi connectivity index (χ3v) is 2.97. The van der Waals surface area contributed by atoms with E-state index >= 15 is 0 Å². The van der Waals surface area contributed by atoms with Gasteiger partial charge in [-0.25, -0.2) is 4.79 Å². The van der Waals surface area contributed by atoms with E-state index in [1.54, 1.807) is 12.3 Å². The summed E-state index contributed by atoms with van der Waals surface area (Å²) in [5.41, 5.74) is 2.13. The topological polar surface area (TPSA) is 55.4 Å². The molecular weight excluding hydrogens is 218 g/mol. The van der Waals surface area contributed by atoms with Gasteiger partial charge in [0.15, 0.2) is 0 Å². The maximum atomic E-state index is 11.0. The van der Waals surface area contributed by atoms with Crippen molar-refractivity contribution in [1.29, 1.82) is 0 Å². The third-order valence-electron chi connectivity index (χ3n) is 2.97. The Kier molecular flexibility index (Phi) is 3.04. The van der Waals surface area contributed by atoms with Gasteiger partial charge in [0.2, 0.25) is 0 Å². The Hall–Kier alpha value is -1.97. The Morgan fingerprint density at radius 2 is 2.24 bits per heavy atom. The lowest BCUT2D eigenvalue weighted by Gasteiger charge is -2.07. The van der Waals surface area contributed by atoms with Gasteiger partial charge >= 0.3 is 5.97 Å². The van der Waals surface area contributed by atoms with Crippen molar-refractivity contribution in [2.24, 2.45) is 0 Å². The first-order chi connectivity index (χ1) is 8.09. The third kappa shape index (κ3) is 2.25. The molecular formula is C13H15NO3. The summed E-state index contributed by atoms with van der Waals surface area (Å²) in [7, 11) is 0. The van der Waals surface area contributed by atoms with Crippen LogP contribution in [0.5, 0.6) is 0 Å². The molecule has 4 heteroatoms. The highest BCUT2D eigenvalue weighted by molar-refractivity contribution is 5.89. The Morgan fingerprint density at radius 1 is 1.47 bits per heavy atom. The minimum Gasteiger partial charge on any atom is -0.478 e. The van der Waals surface area contributed by atoms with Crippen LogP contribution in [0.4, 0.5) is 0 Å². The summed E-state index contributed by atoms with van der Waals surface area (Å²) >= 11 is 0. The van der Waals surface area contributed by atoms with Gasteiger partial charge in [0.25, 0.3) is 0 Å². The highest BCUT2D eigenvalue weighted by Gasteiger charge is 2.14. The number of aromatic nitrogens is 1. The SMILES string of the molecule is Cc1cc(C(=O)O)c(C)n1CCc1ccco1. The Bertz CT molecular complexity index is 523. The molecule has 0 unspecified atom stereocenters. The molecule has 0 atom stereocenters. The Labute approximate surface area is 99.5 Å². The number of aryl methyl sites for hydroxylation is 2. The van der Waals surface area contributed by atoms with Gasteiger partial charge in [-0.05, 0) is 32.0 Å². The molecule has 0 aromatic carbocycles. The Balaban J connectivity index is 2.18. The molecule has 4 nitrogen and oxygen atoms in total. The molecule has 0 saturated carbocycles. The second kappa shape index (κ2) is 4.49. The van der Waals surface area contributed by atoms with Crippen LogP contribution in [0.2, 0.25) is 0 Å². The molecule has 2 rings (SSSR count).